The molecule has 0 saturated carbocycles. The lowest BCUT2D eigenvalue weighted by molar-refractivity contribution is -0.384. The van der Waals surface area contributed by atoms with Crippen molar-refractivity contribution in [3.05, 3.63) is 93.5 Å². The van der Waals surface area contributed by atoms with E-state index in [4.69, 9.17) is 14.2 Å². The summed E-state index contributed by atoms with van der Waals surface area (Å²) in [5.74, 6) is -0.411. The van der Waals surface area contributed by atoms with Crippen LogP contribution in [-0.2, 0) is 4.79 Å². The van der Waals surface area contributed by atoms with Crippen molar-refractivity contribution in [2.45, 2.75) is 0 Å². The van der Waals surface area contributed by atoms with E-state index in [0.717, 1.165) is 6.07 Å². The normalized spacial score (nSPS) is 10.6. The molecule has 0 aliphatic heterocycles. The molecule has 1 N–H and O–H groups in total. The van der Waals surface area contributed by atoms with E-state index < -0.39 is 16.8 Å². The highest BCUT2D eigenvalue weighted by molar-refractivity contribution is 6.10. The third-order valence-corrected chi connectivity index (χ3v) is 4.72. The molecule has 0 saturated heterocycles. The van der Waals surface area contributed by atoms with Gasteiger partial charge in [-0.25, -0.2) is 4.79 Å². The number of benzene rings is 3. The maximum absolute atomic E-state index is 12.6. The van der Waals surface area contributed by atoms with Gasteiger partial charge in [0.05, 0.1) is 30.8 Å². The quantitative estimate of drug-likeness (QED) is 0.127. The van der Waals surface area contributed by atoms with Gasteiger partial charge in [-0.2, -0.15) is 5.26 Å². The summed E-state index contributed by atoms with van der Waals surface area (Å²) in [5.41, 5.74) is -0.0776. The predicted octanol–water partition coefficient (Wildman–Crippen LogP) is 4.38. The van der Waals surface area contributed by atoms with Crippen LogP contribution < -0.4 is 19.5 Å². The first kappa shape index (κ1) is 24.5. The number of hydrogen-bond acceptors (Lipinski definition) is 8. The number of rotatable bonds is 8. The van der Waals surface area contributed by atoms with Crippen LogP contribution in [0.3, 0.4) is 0 Å². The zero-order valence-electron chi connectivity index (χ0n) is 18.7. The van der Waals surface area contributed by atoms with E-state index in [1.807, 2.05) is 0 Å². The van der Waals surface area contributed by atoms with E-state index in [1.54, 1.807) is 48.5 Å². The molecule has 0 bridgehead atoms. The molecule has 0 spiro atoms. The number of carbonyl (C=O) groups excluding carboxylic acids is 2. The third-order valence-electron chi connectivity index (χ3n) is 4.72. The molecule has 1 amide bonds. The number of nitrogens with one attached hydrogen (secondary N) is 1. The number of hydrogen-bond donors (Lipinski definition) is 1. The van der Waals surface area contributed by atoms with Gasteiger partial charge in [-0.3, -0.25) is 14.9 Å². The molecule has 0 aliphatic carbocycles. The molecule has 0 unspecified atom stereocenters. The minimum Gasteiger partial charge on any atom is -0.497 e. The molecule has 0 aromatic heterocycles. The molecule has 176 valence electrons. The molecule has 3 rings (SSSR count). The number of methoxy groups -OCH3 is 2. The van der Waals surface area contributed by atoms with Crippen LogP contribution in [0.1, 0.15) is 15.9 Å². The number of ether oxygens (including phenoxy) is 3. The van der Waals surface area contributed by atoms with Crippen molar-refractivity contribution in [3.63, 3.8) is 0 Å². The minimum absolute atomic E-state index is 0.0934. The van der Waals surface area contributed by atoms with Gasteiger partial charge in [0.15, 0.2) is 0 Å². The Kier molecular flexibility index (Phi) is 7.77. The molecule has 0 aliphatic rings. The molecule has 0 fully saturated rings. The predicted molar refractivity (Wildman–Crippen MR) is 126 cm³/mol. The Morgan fingerprint density at radius 3 is 2.29 bits per heavy atom. The highest BCUT2D eigenvalue weighted by atomic mass is 16.6. The van der Waals surface area contributed by atoms with Crippen LogP contribution in [0.2, 0.25) is 0 Å². The Balaban J connectivity index is 1.78. The number of nitro benzene ring substituents is 1. The Hall–Kier alpha value is -5.17. The van der Waals surface area contributed by atoms with Gasteiger partial charge in [-0.1, -0.05) is 12.1 Å². The van der Waals surface area contributed by atoms with Crippen molar-refractivity contribution in [2.75, 3.05) is 19.5 Å². The number of amides is 1. The van der Waals surface area contributed by atoms with Gasteiger partial charge >= 0.3 is 5.97 Å². The summed E-state index contributed by atoms with van der Waals surface area (Å²) >= 11 is 0. The van der Waals surface area contributed by atoms with Gasteiger partial charge in [-0.05, 0) is 60.2 Å². The molecule has 0 heterocycles. The molecule has 0 radical (unpaired) electrons. The van der Waals surface area contributed by atoms with E-state index >= 15 is 0 Å². The van der Waals surface area contributed by atoms with E-state index in [9.17, 15) is 25.0 Å². The van der Waals surface area contributed by atoms with Crippen LogP contribution in [0.15, 0.2) is 72.3 Å². The minimum atomic E-state index is -0.846. The van der Waals surface area contributed by atoms with Gasteiger partial charge in [-0.15, -0.1) is 0 Å². The Morgan fingerprint density at radius 2 is 1.66 bits per heavy atom. The summed E-state index contributed by atoms with van der Waals surface area (Å²) in [6.07, 6.45) is 1.27. The molecular formula is C25H19N3O7. The molecule has 10 heteroatoms. The molecule has 3 aromatic rings. The second-order valence-electron chi connectivity index (χ2n) is 6.95. The van der Waals surface area contributed by atoms with Crippen molar-refractivity contribution < 1.29 is 28.7 Å². The Bertz CT molecular complexity index is 1340. The number of nitriles is 1. The number of anilines is 1. The van der Waals surface area contributed by atoms with Crippen LogP contribution in [0.25, 0.3) is 6.08 Å². The smallest absolute Gasteiger partial charge is 0.343 e. The summed E-state index contributed by atoms with van der Waals surface area (Å²) in [7, 11) is 2.87. The van der Waals surface area contributed by atoms with Crippen LogP contribution in [0.5, 0.6) is 17.2 Å². The largest absolute Gasteiger partial charge is 0.497 e. The standard InChI is InChI=1S/C25H19N3O7/c1-33-19-8-6-17(7-9-19)25(30)35-21-5-3-4-16(13-21)12-18(15-26)24(29)27-22-11-10-20(34-2)14-23(22)28(31)32/h3-14H,1-2H3,(H,27,29)/b18-12+. The van der Waals surface area contributed by atoms with Crippen LogP contribution in [0.4, 0.5) is 11.4 Å². The maximum atomic E-state index is 12.6. The Labute approximate surface area is 200 Å². The lowest BCUT2D eigenvalue weighted by Gasteiger charge is -2.08. The monoisotopic (exact) mass is 473 g/mol. The fraction of sp³-hybridized carbons (Fsp3) is 0.0800. The van der Waals surface area contributed by atoms with E-state index in [1.165, 1.54) is 38.5 Å². The first-order valence-corrected chi connectivity index (χ1v) is 10.1. The van der Waals surface area contributed by atoms with Gasteiger partial charge in [0, 0.05) is 0 Å². The van der Waals surface area contributed by atoms with Crippen molar-refractivity contribution >= 4 is 29.3 Å². The average Bonchev–Trinajstić information content (AvgIpc) is 2.87. The molecular weight excluding hydrogens is 454 g/mol. The Morgan fingerprint density at radius 1 is 0.971 bits per heavy atom. The summed E-state index contributed by atoms with van der Waals surface area (Å²) < 4.78 is 15.4. The highest BCUT2D eigenvalue weighted by Crippen LogP contribution is 2.29. The zero-order valence-corrected chi connectivity index (χ0v) is 18.7. The lowest BCUT2D eigenvalue weighted by Crippen LogP contribution is -2.14. The van der Waals surface area contributed by atoms with Gasteiger partial charge in [0.25, 0.3) is 11.6 Å². The number of nitrogens with zero attached hydrogens (tertiary/aromatic N) is 2. The van der Waals surface area contributed by atoms with E-state index in [-0.39, 0.29) is 28.4 Å². The van der Waals surface area contributed by atoms with Crippen LogP contribution >= 0.6 is 0 Å². The lowest BCUT2D eigenvalue weighted by atomic mass is 10.1. The topological polar surface area (TPSA) is 141 Å². The molecule has 35 heavy (non-hydrogen) atoms. The van der Waals surface area contributed by atoms with Gasteiger partial charge < -0.3 is 19.5 Å². The first-order valence-electron chi connectivity index (χ1n) is 10.1. The summed E-state index contributed by atoms with van der Waals surface area (Å²) in [6, 6.07) is 18.3. The number of esters is 1. The van der Waals surface area contributed by atoms with Crippen molar-refractivity contribution in [3.8, 4) is 23.3 Å². The summed E-state index contributed by atoms with van der Waals surface area (Å²) in [4.78, 5) is 35.7. The fourth-order valence-corrected chi connectivity index (χ4v) is 2.96. The number of nitro groups is 1. The fourth-order valence-electron chi connectivity index (χ4n) is 2.96. The van der Waals surface area contributed by atoms with Crippen molar-refractivity contribution in [2.24, 2.45) is 0 Å². The SMILES string of the molecule is COc1ccc(C(=O)Oc2cccc(/C=C(\C#N)C(=O)Nc3ccc(OC)cc3[N+](=O)[O-])c2)cc1. The zero-order chi connectivity index (χ0) is 25.4. The summed E-state index contributed by atoms with van der Waals surface area (Å²) in [6.45, 7) is 0. The van der Waals surface area contributed by atoms with Crippen LogP contribution in [-0.4, -0.2) is 31.0 Å². The molecule has 3 aromatic carbocycles. The average molecular weight is 473 g/mol. The van der Waals surface area contributed by atoms with Crippen molar-refractivity contribution in [1.29, 1.82) is 5.26 Å². The number of carbonyl (C=O) groups is 2. The first-order chi connectivity index (χ1) is 16.8. The van der Waals surface area contributed by atoms with Gasteiger partial charge in [0.2, 0.25) is 0 Å². The molecule has 0 atom stereocenters. The summed E-state index contributed by atoms with van der Waals surface area (Å²) in [5, 5.41) is 23.2. The third kappa shape index (κ3) is 6.21. The second-order valence-corrected chi connectivity index (χ2v) is 6.95. The molecule has 10 nitrogen and oxygen atoms in total. The maximum Gasteiger partial charge on any atom is 0.343 e. The highest BCUT2D eigenvalue weighted by Gasteiger charge is 2.19. The van der Waals surface area contributed by atoms with Gasteiger partial charge in [0.1, 0.15) is 34.6 Å². The van der Waals surface area contributed by atoms with E-state index in [0.29, 0.717) is 16.9 Å². The van der Waals surface area contributed by atoms with Crippen molar-refractivity contribution in [1.82, 2.24) is 0 Å². The van der Waals surface area contributed by atoms with Crippen LogP contribution in [0, 0.1) is 21.4 Å². The second kappa shape index (κ2) is 11.1. The van der Waals surface area contributed by atoms with E-state index in [2.05, 4.69) is 5.32 Å².